The molecule has 0 unspecified atom stereocenters. The van der Waals surface area contributed by atoms with Crippen LogP contribution in [0.25, 0.3) is 5.69 Å². The summed E-state index contributed by atoms with van der Waals surface area (Å²) < 4.78 is 1.85. The number of rotatable bonds is 5. The van der Waals surface area contributed by atoms with Crippen LogP contribution in [0.4, 0.5) is 0 Å². The molecular weight excluding hydrogens is 310 g/mol. The Morgan fingerprint density at radius 1 is 0.960 bits per heavy atom. The van der Waals surface area contributed by atoms with Crippen molar-refractivity contribution in [3.05, 3.63) is 83.7 Å². The van der Waals surface area contributed by atoms with Crippen molar-refractivity contribution in [1.82, 2.24) is 20.4 Å². The predicted octanol–water partition coefficient (Wildman–Crippen LogP) is 3.05. The summed E-state index contributed by atoms with van der Waals surface area (Å²) in [6.45, 7) is 3.56. The molecule has 0 aliphatic carbocycles. The Hall–Kier alpha value is -3.08. The zero-order valence-electron chi connectivity index (χ0n) is 14.6. The zero-order chi connectivity index (χ0) is 17.5. The van der Waals surface area contributed by atoms with Crippen molar-refractivity contribution in [1.29, 1.82) is 0 Å². The van der Waals surface area contributed by atoms with E-state index >= 15 is 0 Å². The molecule has 1 aromatic heterocycles. The number of nitrogens with zero attached hydrogens (tertiary/aromatic N) is 3. The van der Waals surface area contributed by atoms with E-state index in [0.717, 1.165) is 18.2 Å². The molecule has 2 N–H and O–H groups in total. The average Bonchev–Trinajstić information content (AvgIpc) is 3.18. The van der Waals surface area contributed by atoms with Crippen LogP contribution in [0.3, 0.4) is 0 Å². The lowest BCUT2D eigenvalue weighted by Crippen LogP contribution is -2.36. The number of aryl methyl sites for hydroxylation is 1. The number of hydrogen-bond donors (Lipinski definition) is 2. The molecule has 5 heteroatoms. The van der Waals surface area contributed by atoms with Gasteiger partial charge in [0.1, 0.15) is 0 Å². The Morgan fingerprint density at radius 3 is 2.08 bits per heavy atom. The summed E-state index contributed by atoms with van der Waals surface area (Å²) in [5.74, 6) is 0.789. The molecule has 0 amide bonds. The molecule has 0 saturated carbocycles. The van der Waals surface area contributed by atoms with E-state index < -0.39 is 0 Å². The Bertz CT molecular complexity index is 802. The van der Waals surface area contributed by atoms with Crippen LogP contribution >= 0.6 is 0 Å². The van der Waals surface area contributed by atoms with Gasteiger partial charge in [-0.05, 0) is 36.2 Å². The lowest BCUT2D eigenvalue weighted by atomic mass is 10.1. The first-order valence-corrected chi connectivity index (χ1v) is 8.33. The summed E-state index contributed by atoms with van der Waals surface area (Å²) in [5.41, 5.74) is 4.74. The topological polar surface area (TPSA) is 54.2 Å². The highest BCUT2D eigenvalue weighted by Gasteiger charge is 2.01. The van der Waals surface area contributed by atoms with Gasteiger partial charge < -0.3 is 10.6 Å². The van der Waals surface area contributed by atoms with Gasteiger partial charge in [0.2, 0.25) is 0 Å². The van der Waals surface area contributed by atoms with E-state index in [2.05, 4.69) is 76.2 Å². The van der Waals surface area contributed by atoms with Gasteiger partial charge in [-0.2, -0.15) is 5.10 Å². The van der Waals surface area contributed by atoms with Crippen LogP contribution in [0.5, 0.6) is 0 Å². The van der Waals surface area contributed by atoms with E-state index in [1.807, 2.05) is 16.9 Å². The van der Waals surface area contributed by atoms with Crippen LogP contribution in [-0.4, -0.2) is 22.8 Å². The van der Waals surface area contributed by atoms with Crippen molar-refractivity contribution in [3.63, 3.8) is 0 Å². The molecule has 0 atom stereocenters. The quantitative estimate of drug-likeness (QED) is 0.557. The smallest absolute Gasteiger partial charge is 0.191 e. The fourth-order valence-electron chi connectivity index (χ4n) is 2.49. The summed E-state index contributed by atoms with van der Waals surface area (Å²) in [6.07, 6.45) is 3.71. The van der Waals surface area contributed by atoms with Gasteiger partial charge in [-0.25, -0.2) is 4.68 Å². The average molecular weight is 333 g/mol. The molecule has 0 fully saturated rings. The van der Waals surface area contributed by atoms with Gasteiger partial charge >= 0.3 is 0 Å². The first-order valence-electron chi connectivity index (χ1n) is 8.33. The van der Waals surface area contributed by atoms with E-state index in [-0.39, 0.29) is 0 Å². The first kappa shape index (κ1) is 16.8. The molecule has 25 heavy (non-hydrogen) atoms. The Labute approximate surface area is 148 Å². The SMILES string of the molecule is CN=C(NCc1ccc(C)cc1)NCc1ccc(-n2cccn2)cc1. The minimum absolute atomic E-state index is 0.715. The third kappa shape index (κ3) is 4.70. The standard InChI is InChI=1S/C20H23N5/c1-16-4-6-17(7-5-16)14-22-20(21-2)23-15-18-8-10-19(11-9-18)25-13-3-12-24-25/h3-13H,14-15H2,1-2H3,(H2,21,22,23). The molecular formula is C20H23N5. The number of aromatic nitrogens is 2. The molecule has 0 spiro atoms. The van der Waals surface area contributed by atoms with Gasteiger partial charge in [0.05, 0.1) is 5.69 Å². The zero-order valence-corrected chi connectivity index (χ0v) is 14.6. The Morgan fingerprint density at radius 2 is 1.56 bits per heavy atom. The lowest BCUT2D eigenvalue weighted by molar-refractivity contribution is 0.807. The molecule has 0 saturated heterocycles. The van der Waals surface area contributed by atoms with Gasteiger partial charge in [-0.1, -0.05) is 42.0 Å². The first-order chi connectivity index (χ1) is 12.2. The van der Waals surface area contributed by atoms with E-state index in [0.29, 0.717) is 6.54 Å². The number of nitrogens with one attached hydrogen (secondary N) is 2. The molecule has 0 aliphatic rings. The second kappa shape index (κ2) is 8.15. The highest BCUT2D eigenvalue weighted by Crippen LogP contribution is 2.08. The predicted molar refractivity (Wildman–Crippen MR) is 102 cm³/mol. The third-order valence-electron chi connectivity index (χ3n) is 3.97. The summed E-state index contributed by atoms with van der Waals surface area (Å²) in [4.78, 5) is 4.27. The lowest BCUT2D eigenvalue weighted by Gasteiger charge is -2.12. The van der Waals surface area contributed by atoms with Crippen LogP contribution in [0, 0.1) is 6.92 Å². The molecule has 1 heterocycles. The molecule has 0 bridgehead atoms. The number of guanidine groups is 1. The second-order valence-electron chi connectivity index (χ2n) is 5.88. The largest absolute Gasteiger partial charge is 0.352 e. The monoisotopic (exact) mass is 333 g/mol. The minimum Gasteiger partial charge on any atom is -0.352 e. The molecule has 2 aromatic carbocycles. The van der Waals surface area contributed by atoms with E-state index in [1.165, 1.54) is 16.7 Å². The number of aliphatic imine (C=N–C) groups is 1. The van der Waals surface area contributed by atoms with Crippen LogP contribution in [0.2, 0.25) is 0 Å². The van der Waals surface area contributed by atoms with Gasteiger partial charge in [-0.15, -0.1) is 0 Å². The maximum absolute atomic E-state index is 4.27. The third-order valence-corrected chi connectivity index (χ3v) is 3.97. The summed E-state index contributed by atoms with van der Waals surface area (Å²) in [7, 11) is 1.78. The summed E-state index contributed by atoms with van der Waals surface area (Å²) in [6, 6.07) is 18.7. The van der Waals surface area contributed by atoms with Crippen molar-refractivity contribution in [2.24, 2.45) is 4.99 Å². The minimum atomic E-state index is 0.715. The van der Waals surface area contributed by atoms with Gasteiger partial charge in [0, 0.05) is 32.5 Å². The van der Waals surface area contributed by atoms with Crippen LogP contribution in [-0.2, 0) is 13.1 Å². The molecule has 0 aliphatic heterocycles. The molecule has 0 radical (unpaired) electrons. The van der Waals surface area contributed by atoms with Gasteiger partial charge in [0.25, 0.3) is 0 Å². The summed E-state index contributed by atoms with van der Waals surface area (Å²) in [5, 5.41) is 10.9. The van der Waals surface area contributed by atoms with Crippen LogP contribution in [0.1, 0.15) is 16.7 Å². The van der Waals surface area contributed by atoms with Crippen LogP contribution < -0.4 is 10.6 Å². The highest BCUT2D eigenvalue weighted by atomic mass is 15.3. The van der Waals surface area contributed by atoms with Gasteiger partial charge in [0.15, 0.2) is 5.96 Å². The molecule has 3 rings (SSSR count). The van der Waals surface area contributed by atoms with E-state index in [9.17, 15) is 0 Å². The molecule has 3 aromatic rings. The maximum atomic E-state index is 4.27. The van der Waals surface area contributed by atoms with Crippen molar-refractivity contribution in [2.75, 3.05) is 7.05 Å². The fourth-order valence-corrected chi connectivity index (χ4v) is 2.49. The van der Waals surface area contributed by atoms with Crippen molar-refractivity contribution < 1.29 is 0 Å². The Balaban J connectivity index is 1.51. The van der Waals surface area contributed by atoms with E-state index in [1.54, 1.807) is 13.2 Å². The van der Waals surface area contributed by atoms with Crippen molar-refractivity contribution in [3.8, 4) is 5.69 Å². The normalized spacial score (nSPS) is 11.4. The maximum Gasteiger partial charge on any atom is 0.191 e. The molecule has 5 nitrogen and oxygen atoms in total. The van der Waals surface area contributed by atoms with Crippen LogP contribution in [0.15, 0.2) is 72.0 Å². The number of hydrogen-bond acceptors (Lipinski definition) is 2. The molecule has 128 valence electrons. The summed E-state index contributed by atoms with van der Waals surface area (Å²) >= 11 is 0. The van der Waals surface area contributed by atoms with Crippen molar-refractivity contribution in [2.45, 2.75) is 20.0 Å². The number of benzene rings is 2. The van der Waals surface area contributed by atoms with E-state index in [4.69, 9.17) is 0 Å². The highest BCUT2D eigenvalue weighted by molar-refractivity contribution is 5.79. The van der Waals surface area contributed by atoms with Crippen molar-refractivity contribution >= 4 is 5.96 Å². The Kier molecular flexibility index (Phi) is 5.46. The second-order valence-corrected chi connectivity index (χ2v) is 5.88. The fraction of sp³-hybridized carbons (Fsp3) is 0.200. The van der Waals surface area contributed by atoms with Gasteiger partial charge in [-0.3, -0.25) is 4.99 Å².